The Kier molecular flexibility index (Phi) is 6.09. The summed E-state index contributed by atoms with van der Waals surface area (Å²) in [6, 6.07) is 16.6. The Labute approximate surface area is 187 Å². The normalized spacial score (nSPS) is 11.7. The molecule has 32 heavy (non-hydrogen) atoms. The summed E-state index contributed by atoms with van der Waals surface area (Å²) in [5.41, 5.74) is 1.92. The van der Waals surface area contributed by atoms with Crippen LogP contribution >= 0.6 is 11.3 Å². The smallest absolute Gasteiger partial charge is 0.291 e. The molecular formula is C23H20FN5O2S. The summed E-state index contributed by atoms with van der Waals surface area (Å²) in [5.74, 6) is -0.616. The summed E-state index contributed by atoms with van der Waals surface area (Å²) < 4.78 is 15.3. The first kappa shape index (κ1) is 21.4. The van der Waals surface area contributed by atoms with Crippen molar-refractivity contribution in [3.8, 4) is 16.4 Å². The molecular weight excluding hydrogens is 429 g/mol. The molecule has 0 aliphatic rings. The number of benzene rings is 2. The lowest BCUT2D eigenvalue weighted by molar-refractivity contribution is -0.114. The minimum Gasteiger partial charge on any atom is -0.343 e. The Morgan fingerprint density at radius 2 is 1.91 bits per heavy atom. The number of carbonyl (C=O) groups excluding carboxylic acids is 2. The number of amides is 2. The Balaban J connectivity index is 1.62. The van der Waals surface area contributed by atoms with E-state index in [0.29, 0.717) is 17.2 Å². The lowest BCUT2D eigenvalue weighted by Crippen LogP contribution is -2.27. The highest BCUT2D eigenvalue weighted by Gasteiger charge is 2.21. The molecule has 0 radical (unpaired) electrons. The molecule has 0 fully saturated rings. The van der Waals surface area contributed by atoms with Gasteiger partial charge in [0.2, 0.25) is 11.7 Å². The van der Waals surface area contributed by atoms with Crippen LogP contribution in [0.2, 0.25) is 0 Å². The van der Waals surface area contributed by atoms with Gasteiger partial charge in [-0.25, -0.2) is 14.1 Å². The van der Waals surface area contributed by atoms with Gasteiger partial charge in [0.15, 0.2) is 5.82 Å². The SMILES string of the molecule is CC(=O)Nc1cccc(C(C)NC(=O)c2nc(-c3cccs3)n(-c3cccc(F)c3)n2)c1. The molecule has 2 amide bonds. The quantitative estimate of drug-likeness (QED) is 0.451. The first-order valence-electron chi connectivity index (χ1n) is 9.86. The molecule has 2 heterocycles. The summed E-state index contributed by atoms with van der Waals surface area (Å²) in [5, 5.41) is 11.9. The van der Waals surface area contributed by atoms with Gasteiger partial charge in [0, 0.05) is 12.6 Å². The second-order valence-electron chi connectivity index (χ2n) is 7.13. The summed E-state index contributed by atoms with van der Waals surface area (Å²) >= 11 is 1.45. The van der Waals surface area contributed by atoms with Crippen molar-refractivity contribution in [3.05, 3.63) is 83.2 Å². The molecule has 0 aliphatic carbocycles. The third-order valence-electron chi connectivity index (χ3n) is 4.66. The van der Waals surface area contributed by atoms with E-state index in [2.05, 4.69) is 20.7 Å². The van der Waals surface area contributed by atoms with Gasteiger partial charge in [-0.2, -0.15) is 0 Å². The van der Waals surface area contributed by atoms with E-state index in [1.165, 1.54) is 35.1 Å². The second kappa shape index (κ2) is 9.11. The number of nitrogens with zero attached hydrogens (tertiary/aromatic N) is 3. The first-order valence-corrected chi connectivity index (χ1v) is 10.7. The van der Waals surface area contributed by atoms with Crippen LogP contribution in [0.25, 0.3) is 16.4 Å². The zero-order valence-corrected chi connectivity index (χ0v) is 18.2. The molecule has 7 nitrogen and oxygen atoms in total. The Bertz CT molecular complexity index is 1270. The third kappa shape index (κ3) is 4.73. The predicted octanol–water partition coefficient (Wildman–Crippen LogP) is 4.58. The second-order valence-corrected chi connectivity index (χ2v) is 8.08. The monoisotopic (exact) mass is 449 g/mol. The Hall–Kier alpha value is -3.85. The van der Waals surface area contributed by atoms with Crippen molar-refractivity contribution in [2.24, 2.45) is 0 Å². The molecule has 2 aromatic carbocycles. The molecule has 0 bridgehead atoms. The van der Waals surface area contributed by atoms with Gasteiger partial charge in [-0.3, -0.25) is 9.59 Å². The number of rotatable bonds is 6. The molecule has 4 rings (SSSR count). The van der Waals surface area contributed by atoms with Gasteiger partial charge in [-0.15, -0.1) is 16.4 Å². The van der Waals surface area contributed by atoms with Gasteiger partial charge in [0.1, 0.15) is 5.82 Å². The van der Waals surface area contributed by atoms with Crippen molar-refractivity contribution >= 4 is 28.8 Å². The molecule has 0 aliphatic heterocycles. The van der Waals surface area contributed by atoms with Crippen LogP contribution in [0.3, 0.4) is 0 Å². The summed E-state index contributed by atoms with van der Waals surface area (Å²) in [6.07, 6.45) is 0. The fourth-order valence-electron chi connectivity index (χ4n) is 3.20. The number of thiophene rings is 1. The van der Waals surface area contributed by atoms with Crippen LogP contribution in [0, 0.1) is 5.82 Å². The van der Waals surface area contributed by atoms with E-state index in [1.807, 2.05) is 30.5 Å². The predicted molar refractivity (Wildman–Crippen MR) is 121 cm³/mol. The lowest BCUT2D eigenvalue weighted by atomic mass is 10.1. The van der Waals surface area contributed by atoms with Crippen molar-refractivity contribution < 1.29 is 14.0 Å². The van der Waals surface area contributed by atoms with E-state index in [0.717, 1.165) is 10.4 Å². The standard InChI is InChI=1S/C23H20FN5O2S/c1-14(16-6-3-8-18(12-16)26-15(2)30)25-23(31)21-27-22(20-10-5-11-32-20)29(28-21)19-9-4-7-17(24)13-19/h3-14H,1-2H3,(H,25,31)(H,26,30). The van der Waals surface area contributed by atoms with Gasteiger partial charge < -0.3 is 10.6 Å². The van der Waals surface area contributed by atoms with Gasteiger partial charge in [-0.05, 0) is 54.3 Å². The number of carbonyl (C=O) groups is 2. The van der Waals surface area contributed by atoms with E-state index >= 15 is 0 Å². The maximum atomic E-state index is 13.8. The molecule has 2 aromatic heterocycles. The Morgan fingerprint density at radius 3 is 2.62 bits per heavy atom. The van der Waals surface area contributed by atoms with E-state index < -0.39 is 11.7 Å². The van der Waals surface area contributed by atoms with Gasteiger partial charge in [0.05, 0.1) is 16.6 Å². The highest BCUT2D eigenvalue weighted by molar-refractivity contribution is 7.13. The van der Waals surface area contributed by atoms with Crippen LogP contribution in [-0.4, -0.2) is 26.6 Å². The van der Waals surface area contributed by atoms with Gasteiger partial charge in [0.25, 0.3) is 5.91 Å². The molecule has 0 saturated heterocycles. The van der Waals surface area contributed by atoms with Crippen molar-refractivity contribution in [2.45, 2.75) is 19.9 Å². The van der Waals surface area contributed by atoms with Crippen LogP contribution in [0.4, 0.5) is 10.1 Å². The van der Waals surface area contributed by atoms with Crippen LogP contribution in [0.5, 0.6) is 0 Å². The maximum absolute atomic E-state index is 13.8. The van der Waals surface area contributed by atoms with Crippen molar-refractivity contribution in [3.63, 3.8) is 0 Å². The fraction of sp³-hybridized carbons (Fsp3) is 0.130. The molecule has 4 aromatic rings. The summed E-state index contributed by atoms with van der Waals surface area (Å²) in [4.78, 5) is 29.5. The highest BCUT2D eigenvalue weighted by atomic mass is 32.1. The average molecular weight is 450 g/mol. The minimum atomic E-state index is -0.463. The molecule has 1 atom stereocenters. The number of hydrogen-bond donors (Lipinski definition) is 2. The van der Waals surface area contributed by atoms with Crippen molar-refractivity contribution in [1.82, 2.24) is 20.1 Å². The number of nitrogens with one attached hydrogen (secondary N) is 2. The third-order valence-corrected chi connectivity index (χ3v) is 5.52. The highest BCUT2D eigenvalue weighted by Crippen LogP contribution is 2.26. The van der Waals surface area contributed by atoms with Crippen LogP contribution in [0.1, 0.15) is 36.1 Å². The van der Waals surface area contributed by atoms with Crippen molar-refractivity contribution in [2.75, 3.05) is 5.32 Å². The number of halogens is 1. The summed E-state index contributed by atoms with van der Waals surface area (Å²) in [6.45, 7) is 3.26. The minimum absolute atomic E-state index is 0.0254. The van der Waals surface area contributed by atoms with E-state index in [9.17, 15) is 14.0 Å². The molecule has 0 saturated carbocycles. The molecule has 1 unspecified atom stereocenters. The van der Waals surface area contributed by atoms with Crippen LogP contribution < -0.4 is 10.6 Å². The zero-order chi connectivity index (χ0) is 22.7. The molecule has 162 valence electrons. The zero-order valence-electron chi connectivity index (χ0n) is 17.4. The van der Waals surface area contributed by atoms with Crippen molar-refractivity contribution in [1.29, 1.82) is 0 Å². The van der Waals surface area contributed by atoms with Gasteiger partial charge in [-0.1, -0.05) is 24.3 Å². The fourth-order valence-corrected chi connectivity index (χ4v) is 3.89. The van der Waals surface area contributed by atoms with Crippen LogP contribution in [-0.2, 0) is 4.79 Å². The Morgan fingerprint density at radius 1 is 1.09 bits per heavy atom. The molecule has 0 spiro atoms. The number of aromatic nitrogens is 3. The number of anilines is 1. The van der Waals surface area contributed by atoms with Crippen LogP contribution in [0.15, 0.2) is 66.0 Å². The average Bonchev–Trinajstić information content (AvgIpc) is 3.43. The van der Waals surface area contributed by atoms with Gasteiger partial charge >= 0.3 is 0 Å². The molecule has 2 N–H and O–H groups in total. The molecule has 9 heteroatoms. The van der Waals surface area contributed by atoms with E-state index in [4.69, 9.17) is 0 Å². The number of hydrogen-bond acceptors (Lipinski definition) is 5. The topological polar surface area (TPSA) is 88.9 Å². The largest absolute Gasteiger partial charge is 0.343 e. The van der Waals surface area contributed by atoms with E-state index in [1.54, 1.807) is 30.3 Å². The summed E-state index contributed by atoms with van der Waals surface area (Å²) in [7, 11) is 0. The lowest BCUT2D eigenvalue weighted by Gasteiger charge is -2.14. The first-order chi connectivity index (χ1) is 15.4. The van der Waals surface area contributed by atoms with E-state index in [-0.39, 0.29) is 17.8 Å². The maximum Gasteiger partial charge on any atom is 0.291 e.